The molecule has 1 aliphatic heterocycles. The minimum Gasteiger partial charge on any atom is -0.493 e. The van der Waals surface area contributed by atoms with Gasteiger partial charge in [0.25, 0.3) is 0 Å². The molecule has 0 radical (unpaired) electrons. The summed E-state index contributed by atoms with van der Waals surface area (Å²) in [5.41, 5.74) is 1.75. The fourth-order valence-corrected chi connectivity index (χ4v) is 5.03. The van der Waals surface area contributed by atoms with Gasteiger partial charge in [-0.3, -0.25) is 0 Å². The summed E-state index contributed by atoms with van der Waals surface area (Å²) in [5, 5.41) is 22.6. The van der Waals surface area contributed by atoms with E-state index in [9.17, 15) is 19.8 Å². The van der Waals surface area contributed by atoms with E-state index in [2.05, 4.69) is 12.2 Å². The molecule has 3 N–H and O–H groups in total. The zero-order valence-corrected chi connectivity index (χ0v) is 22.1. The molecule has 1 atom stereocenters. The fourth-order valence-electron chi connectivity index (χ4n) is 4.69. The Kier molecular flexibility index (Phi) is 12.0. The van der Waals surface area contributed by atoms with Crippen molar-refractivity contribution in [3.05, 3.63) is 40.6 Å². The number of aryl methyl sites for hydroxylation is 1. The lowest BCUT2D eigenvalue weighted by Crippen LogP contribution is -2.50. The Bertz CT molecular complexity index is 915. The molecule has 7 nitrogen and oxygen atoms in total. The smallest absolute Gasteiger partial charge is 0.414 e. The standard InChI is InChI=1S/C27H40N2O5S/c1-4-6-7-8-9-10-11-12-13-14-16-20-17-15-18-21(34-5-2)23(20)24-22(25(30)31)19(3)28-26(35)29(24)27(32)33/h15,17-18,24H,4-14,16H2,1-3H3,(H,28,35)(H,30,31)(H,32,33). The third-order valence-corrected chi connectivity index (χ3v) is 6.71. The average Bonchev–Trinajstić information content (AvgIpc) is 2.79. The number of ether oxygens (including phenoxy) is 1. The number of unbranched alkanes of at least 4 members (excludes halogenated alkanes) is 9. The lowest BCUT2D eigenvalue weighted by molar-refractivity contribution is -0.133. The van der Waals surface area contributed by atoms with Crippen molar-refractivity contribution in [3.63, 3.8) is 0 Å². The number of carboxylic acids is 1. The van der Waals surface area contributed by atoms with Crippen LogP contribution in [-0.2, 0) is 11.2 Å². The topological polar surface area (TPSA) is 99.1 Å². The summed E-state index contributed by atoms with van der Waals surface area (Å²) < 4.78 is 5.86. The van der Waals surface area contributed by atoms with Crippen LogP contribution in [0.2, 0.25) is 0 Å². The second-order valence-corrected chi connectivity index (χ2v) is 9.41. The van der Waals surface area contributed by atoms with Gasteiger partial charge in [0.15, 0.2) is 5.11 Å². The number of hydrogen-bond acceptors (Lipinski definition) is 4. The van der Waals surface area contributed by atoms with Gasteiger partial charge in [0.05, 0.1) is 12.2 Å². The molecule has 0 bridgehead atoms. The highest BCUT2D eigenvalue weighted by Crippen LogP contribution is 2.41. The molecule has 1 unspecified atom stereocenters. The molecular formula is C27H40N2O5S. The monoisotopic (exact) mass is 504 g/mol. The van der Waals surface area contributed by atoms with Crippen LogP contribution in [0.1, 0.15) is 102 Å². The predicted octanol–water partition coefficient (Wildman–Crippen LogP) is 6.82. The Hall–Kier alpha value is -2.61. The minimum atomic E-state index is -1.31. The van der Waals surface area contributed by atoms with E-state index < -0.39 is 18.1 Å². The normalized spacial score (nSPS) is 15.8. The van der Waals surface area contributed by atoms with Gasteiger partial charge in [0, 0.05) is 11.3 Å². The van der Waals surface area contributed by atoms with Crippen molar-refractivity contribution in [1.29, 1.82) is 0 Å². The third-order valence-electron chi connectivity index (χ3n) is 6.41. The first-order chi connectivity index (χ1) is 16.8. The number of amides is 1. The van der Waals surface area contributed by atoms with Gasteiger partial charge < -0.3 is 20.3 Å². The second-order valence-electron chi connectivity index (χ2n) is 9.02. The summed E-state index contributed by atoms with van der Waals surface area (Å²) in [7, 11) is 0. The van der Waals surface area contributed by atoms with E-state index in [1.165, 1.54) is 44.9 Å². The molecule has 2 rings (SSSR count). The van der Waals surface area contributed by atoms with Crippen LogP contribution in [0.25, 0.3) is 0 Å². The average molecular weight is 505 g/mol. The SMILES string of the molecule is CCCCCCCCCCCCc1cccc(OCC)c1C1C(C(=O)O)=C(C)NC(=S)N1C(=O)O. The van der Waals surface area contributed by atoms with Crippen LogP contribution in [0.4, 0.5) is 4.79 Å². The molecule has 0 saturated carbocycles. The number of hydrogen-bond donors (Lipinski definition) is 3. The molecule has 1 aromatic rings. The fraction of sp³-hybridized carbons (Fsp3) is 0.593. The summed E-state index contributed by atoms with van der Waals surface area (Å²) in [5.74, 6) is -0.700. The zero-order valence-electron chi connectivity index (χ0n) is 21.3. The van der Waals surface area contributed by atoms with Crippen molar-refractivity contribution in [2.45, 2.75) is 97.4 Å². The van der Waals surface area contributed by atoms with E-state index in [1.54, 1.807) is 13.0 Å². The van der Waals surface area contributed by atoms with Gasteiger partial charge in [0.1, 0.15) is 11.8 Å². The molecule has 1 heterocycles. The van der Waals surface area contributed by atoms with Crippen molar-refractivity contribution in [2.75, 3.05) is 6.61 Å². The molecule has 0 saturated heterocycles. The van der Waals surface area contributed by atoms with Crippen LogP contribution in [0.3, 0.4) is 0 Å². The third kappa shape index (κ3) is 7.95. The molecule has 0 aromatic heterocycles. The number of carbonyl (C=O) groups is 2. The van der Waals surface area contributed by atoms with Gasteiger partial charge in [-0.15, -0.1) is 0 Å². The molecule has 194 valence electrons. The van der Waals surface area contributed by atoms with Crippen molar-refractivity contribution in [3.8, 4) is 5.75 Å². The van der Waals surface area contributed by atoms with Crippen LogP contribution in [0.15, 0.2) is 29.5 Å². The van der Waals surface area contributed by atoms with Crippen LogP contribution >= 0.6 is 12.2 Å². The first-order valence-corrected chi connectivity index (χ1v) is 13.3. The van der Waals surface area contributed by atoms with E-state index in [-0.39, 0.29) is 10.7 Å². The van der Waals surface area contributed by atoms with E-state index in [4.69, 9.17) is 17.0 Å². The molecule has 0 spiro atoms. The maximum Gasteiger partial charge on any atom is 0.414 e. The molecule has 8 heteroatoms. The lowest BCUT2D eigenvalue weighted by atomic mass is 9.88. The first kappa shape index (κ1) is 28.6. The highest BCUT2D eigenvalue weighted by Gasteiger charge is 2.42. The van der Waals surface area contributed by atoms with Crippen molar-refractivity contribution in [2.24, 2.45) is 0 Å². The van der Waals surface area contributed by atoms with E-state index in [0.717, 1.165) is 29.7 Å². The highest BCUT2D eigenvalue weighted by molar-refractivity contribution is 7.80. The number of nitrogens with one attached hydrogen (secondary N) is 1. The summed E-state index contributed by atoms with van der Waals surface area (Å²) in [6.45, 7) is 6.06. The van der Waals surface area contributed by atoms with Gasteiger partial charge in [-0.1, -0.05) is 76.8 Å². The van der Waals surface area contributed by atoms with Gasteiger partial charge in [-0.05, 0) is 50.5 Å². The van der Waals surface area contributed by atoms with Gasteiger partial charge in [0.2, 0.25) is 0 Å². The van der Waals surface area contributed by atoms with Crippen LogP contribution in [-0.4, -0.2) is 38.9 Å². The van der Waals surface area contributed by atoms with E-state index in [0.29, 0.717) is 30.0 Å². The minimum absolute atomic E-state index is 0.0406. The number of rotatable bonds is 15. The van der Waals surface area contributed by atoms with Crippen LogP contribution in [0, 0.1) is 0 Å². The number of nitrogens with zero attached hydrogens (tertiary/aromatic N) is 1. The largest absolute Gasteiger partial charge is 0.493 e. The molecule has 1 aliphatic rings. The van der Waals surface area contributed by atoms with Crippen molar-refractivity contribution < 1.29 is 24.5 Å². The molecule has 1 amide bonds. The number of benzene rings is 1. The van der Waals surface area contributed by atoms with Gasteiger partial charge in [-0.25, -0.2) is 14.5 Å². The maximum atomic E-state index is 12.2. The Morgan fingerprint density at radius 1 is 1.00 bits per heavy atom. The zero-order chi connectivity index (χ0) is 25.8. The molecule has 0 fully saturated rings. The van der Waals surface area contributed by atoms with Crippen molar-refractivity contribution in [1.82, 2.24) is 10.2 Å². The summed E-state index contributed by atoms with van der Waals surface area (Å²) >= 11 is 5.29. The van der Waals surface area contributed by atoms with E-state index in [1.807, 2.05) is 19.1 Å². The molecule has 0 aliphatic carbocycles. The number of carboxylic acid groups (broad SMARTS) is 2. The van der Waals surface area contributed by atoms with Gasteiger partial charge in [-0.2, -0.15) is 0 Å². The first-order valence-electron chi connectivity index (χ1n) is 12.8. The summed E-state index contributed by atoms with van der Waals surface area (Å²) in [4.78, 5) is 25.4. The number of allylic oxidation sites excluding steroid dienone is 1. The Labute approximate surface area is 214 Å². The highest BCUT2D eigenvalue weighted by atomic mass is 32.1. The van der Waals surface area contributed by atoms with E-state index >= 15 is 0 Å². The Morgan fingerprint density at radius 2 is 1.60 bits per heavy atom. The quantitative estimate of drug-likeness (QED) is 0.178. The Morgan fingerprint density at radius 3 is 2.14 bits per heavy atom. The summed E-state index contributed by atoms with van der Waals surface area (Å²) in [6, 6.07) is 4.49. The lowest BCUT2D eigenvalue weighted by Gasteiger charge is -2.37. The van der Waals surface area contributed by atoms with Crippen molar-refractivity contribution >= 4 is 29.4 Å². The van der Waals surface area contributed by atoms with Crippen LogP contribution < -0.4 is 10.1 Å². The second kappa shape index (κ2) is 14.7. The predicted molar refractivity (Wildman–Crippen MR) is 142 cm³/mol. The molecule has 1 aromatic carbocycles. The Balaban J connectivity index is 2.22. The number of thiocarbonyl (C=S) groups is 1. The number of aliphatic carboxylic acids is 1. The summed E-state index contributed by atoms with van der Waals surface area (Å²) in [6.07, 6.45) is 11.6. The molecule has 35 heavy (non-hydrogen) atoms. The maximum absolute atomic E-state index is 12.2. The van der Waals surface area contributed by atoms with Crippen LogP contribution in [0.5, 0.6) is 5.75 Å². The van der Waals surface area contributed by atoms with Gasteiger partial charge >= 0.3 is 12.1 Å². The molecular weight excluding hydrogens is 464 g/mol.